The molecule has 116 valence electrons. The van der Waals surface area contributed by atoms with E-state index in [2.05, 4.69) is 10.0 Å². The summed E-state index contributed by atoms with van der Waals surface area (Å²) in [6.45, 7) is 1.25. The SMILES string of the molecule is O=[N+]([O-])c1c(F)cccc1S(=O)(=O)NC1CCCCNC1. The van der Waals surface area contributed by atoms with Crippen LogP contribution in [0, 0.1) is 15.9 Å². The second-order valence-corrected chi connectivity index (χ2v) is 6.54. The van der Waals surface area contributed by atoms with Gasteiger partial charge in [0.25, 0.3) is 0 Å². The summed E-state index contributed by atoms with van der Waals surface area (Å²) < 4.78 is 40.5. The molecular weight excluding hydrogens is 301 g/mol. The fraction of sp³-hybridized carbons (Fsp3) is 0.500. The van der Waals surface area contributed by atoms with Crippen molar-refractivity contribution >= 4 is 15.7 Å². The number of benzene rings is 1. The molecule has 1 aromatic rings. The number of halogens is 1. The Kier molecular flexibility index (Phi) is 4.86. The van der Waals surface area contributed by atoms with Gasteiger partial charge in [-0.25, -0.2) is 13.1 Å². The van der Waals surface area contributed by atoms with Crippen LogP contribution >= 0.6 is 0 Å². The van der Waals surface area contributed by atoms with Crippen LogP contribution in [0.4, 0.5) is 10.1 Å². The first kappa shape index (κ1) is 15.8. The average Bonchev–Trinajstić information content (AvgIpc) is 2.66. The fourth-order valence-corrected chi connectivity index (χ4v) is 3.74. The van der Waals surface area contributed by atoms with Crippen LogP contribution in [0.1, 0.15) is 19.3 Å². The summed E-state index contributed by atoms with van der Waals surface area (Å²) in [4.78, 5) is 9.24. The molecule has 0 amide bonds. The largest absolute Gasteiger partial charge is 0.324 e. The summed E-state index contributed by atoms with van der Waals surface area (Å²) in [5.41, 5.74) is -1.02. The minimum absolute atomic E-state index is 0.361. The first-order valence-corrected chi connectivity index (χ1v) is 8.06. The molecule has 0 aromatic heterocycles. The summed E-state index contributed by atoms with van der Waals surface area (Å²) in [6.07, 6.45) is 2.43. The standard InChI is InChI=1S/C12H16FN3O4S/c13-10-5-3-6-11(12(10)16(17)18)21(19,20)15-9-4-1-2-7-14-8-9/h3,5-6,9,14-15H,1-2,4,7-8H2. The molecule has 0 saturated carbocycles. The van der Waals surface area contributed by atoms with E-state index in [-0.39, 0.29) is 6.04 Å². The van der Waals surface area contributed by atoms with Crippen molar-refractivity contribution in [3.63, 3.8) is 0 Å². The average molecular weight is 317 g/mol. The van der Waals surface area contributed by atoms with Gasteiger partial charge in [-0.2, -0.15) is 4.39 Å². The van der Waals surface area contributed by atoms with Gasteiger partial charge in [0.1, 0.15) is 0 Å². The van der Waals surface area contributed by atoms with E-state index in [0.29, 0.717) is 13.0 Å². The molecule has 7 nitrogen and oxygen atoms in total. The van der Waals surface area contributed by atoms with E-state index in [1.54, 1.807) is 0 Å². The van der Waals surface area contributed by atoms with E-state index < -0.39 is 31.3 Å². The Morgan fingerprint density at radius 2 is 2.14 bits per heavy atom. The van der Waals surface area contributed by atoms with Gasteiger partial charge in [0.05, 0.1) is 4.92 Å². The molecule has 1 heterocycles. The maximum atomic E-state index is 13.5. The normalized spacial score (nSPS) is 20.0. The highest BCUT2D eigenvalue weighted by Gasteiger charge is 2.31. The number of nitro benzene ring substituents is 1. The summed E-state index contributed by atoms with van der Waals surface area (Å²) in [7, 11) is -4.15. The van der Waals surface area contributed by atoms with Gasteiger partial charge in [0.2, 0.25) is 15.8 Å². The lowest BCUT2D eigenvalue weighted by Gasteiger charge is -2.16. The zero-order chi connectivity index (χ0) is 15.5. The van der Waals surface area contributed by atoms with Crippen molar-refractivity contribution in [1.82, 2.24) is 10.0 Å². The zero-order valence-corrected chi connectivity index (χ0v) is 12.0. The van der Waals surface area contributed by atoms with E-state index in [9.17, 15) is 22.9 Å². The highest BCUT2D eigenvalue weighted by atomic mass is 32.2. The van der Waals surface area contributed by atoms with Crippen LogP contribution in [-0.2, 0) is 10.0 Å². The predicted molar refractivity (Wildman–Crippen MR) is 73.9 cm³/mol. The van der Waals surface area contributed by atoms with Crippen LogP contribution in [0.3, 0.4) is 0 Å². The number of nitro groups is 1. The number of nitrogens with one attached hydrogen (secondary N) is 2. The molecule has 1 atom stereocenters. The Labute approximate surface area is 121 Å². The number of hydrogen-bond acceptors (Lipinski definition) is 5. The monoisotopic (exact) mass is 317 g/mol. The molecule has 1 unspecified atom stereocenters. The van der Waals surface area contributed by atoms with Crippen LogP contribution < -0.4 is 10.0 Å². The molecule has 0 aliphatic carbocycles. The number of sulfonamides is 1. The quantitative estimate of drug-likeness (QED) is 0.641. The van der Waals surface area contributed by atoms with Gasteiger partial charge in [-0.1, -0.05) is 12.5 Å². The highest BCUT2D eigenvalue weighted by Crippen LogP contribution is 2.26. The van der Waals surface area contributed by atoms with Crippen LogP contribution in [0.15, 0.2) is 23.1 Å². The first-order chi connectivity index (χ1) is 9.92. The fourth-order valence-electron chi connectivity index (χ4n) is 2.29. The second kappa shape index (κ2) is 6.46. The van der Waals surface area contributed by atoms with Gasteiger partial charge in [0.15, 0.2) is 4.90 Å². The first-order valence-electron chi connectivity index (χ1n) is 6.58. The molecule has 1 aromatic carbocycles. The molecule has 0 spiro atoms. The van der Waals surface area contributed by atoms with Crippen LogP contribution in [0.5, 0.6) is 0 Å². The number of hydrogen-bond donors (Lipinski definition) is 2. The molecule has 1 aliphatic rings. The maximum Gasteiger partial charge on any atom is 0.324 e. The Balaban J connectivity index is 2.31. The van der Waals surface area contributed by atoms with Crippen molar-refractivity contribution in [2.45, 2.75) is 30.2 Å². The van der Waals surface area contributed by atoms with Crippen LogP contribution in [-0.4, -0.2) is 32.5 Å². The Bertz CT molecular complexity index is 627. The lowest BCUT2D eigenvalue weighted by atomic mass is 10.2. The highest BCUT2D eigenvalue weighted by molar-refractivity contribution is 7.89. The van der Waals surface area contributed by atoms with E-state index in [0.717, 1.165) is 37.6 Å². The molecule has 1 aliphatic heterocycles. The van der Waals surface area contributed by atoms with Crippen molar-refractivity contribution in [1.29, 1.82) is 0 Å². The van der Waals surface area contributed by atoms with Gasteiger partial charge < -0.3 is 5.32 Å². The third-order valence-electron chi connectivity index (χ3n) is 3.29. The maximum absolute atomic E-state index is 13.5. The molecule has 1 saturated heterocycles. The van der Waals surface area contributed by atoms with Crippen molar-refractivity contribution in [2.75, 3.05) is 13.1 Å². The number of nitrogens with zero attached hydrogens (tertiary/aromatic N) is 1. The Morgan fingerprint density at radius 3 is 2.86 bits per heavy atom. The summed E-state index contributed by atoms with van der Waals surface area (Å²) in [5.74, 6) is -1.16. The van der Waals surface area contributed by atoms with E-state index in [1.807, 2.05) is 0 Å². The lowest BCUT2D eigenvalue weighted by Crippen LogP contribution is -2.41. The molecule has 21 heavy (non-hydrogen) atoms. The third-order valence-corrected chi connectivity index (χ3v) is 4.84. The van der Waals surface area contributed by atoms with Gasteiger partial charge in [-0.05, 0) is 31.5 Å². The van der Waals surface area contributed by atoms with Crippen molar-refractivity contribution in [2.24, 2.45) is 0 Å². The van der Waals surface area contributed by atoms with Gasteiger partial charge in [-0.15, -0.1) is 0 Å². The van der Waals surface area contributed by atoms with Gasteiger partial charge >= 0.3 is 5.69 Å². The number of para-hydroxylation sites is 1. The Morgan fingerprint density at radius 1 is 1.38 bits per heavy atom. The van der Waals surface area contributed by atoms with Gasteiger partial charge in [-0.3, -0.25) is 10.1 Å². The molecular formula is C12H16FN3O4S. The summed E-state index contributed by atoms with van der Waals surface area (Å²) in [5, 5.41) is 14.0. The molecule has 1 fully saturated rings. The molecule has 0 bridgehead atoms. The van der Waals surface area contributed by atoms with Crippen LogP contribution in [0.2, 0.25) is 0 Å². The van der Waals surface area contributed by atoms with E-state index in [4.69, 9.17) is 0 Å². The predicted octanol–water partition coefficient (Wildman–Crippen LogP) is 1.15. The number of rotatable bonds is 4. The van der Waals surface area contributed by atoms with Gasteiger partial charge in [0, 0.05) is 12.6 Å². The third kappa shape index (κ3) is 3.74. The minimum Gasteiger partial charge on any atom is -0.315 e. The van der Waals surface area contributed by atoms with E-state index in [1.165, 1.54) is 0 Å². The van der Waals surface area contributed by atoms with E-state index >= 15 is 0 Å². The lowest BCUT2D eigenvalue weighted by molar-refractivity contribution is -0.390. The minimum atomic E-state index is -4.15. The molecule has 2 N–H and O–H groups in total. The topological polar surface area (TPSA) is 101 Å². The Hall–Kier alpha value is -1.58. The van der Waals surface area contributed by atoms with Crippen LogP contribution in [0.25, 0.3) is 0 Å². The summed E-state index contributed by atoms with van der Waals surface area (Å²) in [6, 6.07) is 2.68. The summed E-state index contributed by atoms with van der Waals surface area (Å²) >= 11 is 0. The molecule has 0 radical (unpaired) electrons. The zero-order valence-electron chi connectivity index (χ0n) is 11.2. The van der Waals surface area contributed by atoms with Crippen molar-refractivity contribution in [3.8, 4) is 0 Å². The second-order valence-electron chi connectivity index (χ2n) is 4.86. The van der Waals surface area contributed by atoms with Crippen molar-refractivity contribution in [3.05, 3.63) is 34.1 Å². The van der Waals surface area contributed by atoms with Crippen molar-refractivity contribution < 1.29 is 17.7 Å². The smallest absolute Gasteiger partial charge is 0.315 e. The molecule has 2 rings (SSSR count). The molecule has 9 heteroatoms.